The summed E-state index contributed by atoms with van der Waals surface area (Å²) < 4.78 is 10.6. The molecule has 0 spiro atoms. The number of carbonyl (C=O) groups excluding carboxylic acids is 2. The van der Waals surface area contributed by atoms with Crippen LogP contribution in [-0.2, 0) is 14.3 Å². The zero-order chi connectivity index (χ0) is 25.2. The van der Waals surface area contributed by atoms with Crippen molar-refractivity contribution in [2.75, 3.05) is 48.9 Å². The number of benzene rings is 2. The Hall–Kier alpha value is -3.85. The summed E-state index contributed by atoms with van der Waals surface area (Å²) in [4.78, 5) is 40.5. The molecule has 3 aliphatic rings. The number of allylic oxidation sites excluding steroid dienone is 2. The molecule has 1 heterocycles. The van der Waals surface area contributed by atoms with Crippen LogP contribution in [0, 0.1) is 23.7 Å². The molecule has 2 fully saturated rings. The lowest BCUT2D eigenvalue weighted by atomic mass is 9.82. The fourth-order valence-electron chi connectivity index (χ4n) is 5.49. The number of methoxy groups -OCH3 is 1. The van der Waals surface area contributed by atoms with Crippen LogP contribution in [0.1, 0.15) is 16.8 Å². The molecule has 9 heteroatoms. The minimum absolute atomic E-state index is 0.0819. The first-order valence-electron chi connectivity index (χ1n) is 12.1. The summed E-state index contributed by atoms with van der Waals surface area (Å²) in [5.41, 5.74) is 2.22. The van der Waals surface area contributed by atoms with Gasteiger partial charge in [0.1, 0.15) is 5.75 Å². The van der Waals surface area contributed by atoms with Gasteiger partial charge < -0.3 is 30.1 Å². The van der Waals surface area contributed by atoms with E-state index in [9.17, 15) is 19.5 Å². The Kier molecular flexibility index (Phi) is 6.65. The number of carboxylic acids is 1. The van der Waals surface area contributed by atoms with E-state index >= 15 is 0 Å². The largest absolute Gasteiger partial charge is 0.497 e. The van der Waals surface area contributed by atoms with Gasteiger partial charge in [0, 0.05) is 30.2 Å². The lowest BCUT2D eigenvalue weighted by molar-refractivity contribution is -0.146. The van der Waals surface area contributed by atoms with E-state index in [0.29, 0.717) is 55.4 Å². The number of nitrogens with one attached hydrogen (secondary N) is 2. The third-order valence-corrected chi connectivity index (χ3v) is 7.26. The van der Waals surface area contributed by atoms with E-state index in [-0.39, 0.29) is 23.7 Å². The standard InChI is InChI=1S/C27H29N3O6/c1-35-20-7-4-18(5-8-20)28-25(31)21-15-19(6-9-22(21)30-10-12-36-13-11-30)29-26(32)23-16-2-3-17(14-16)24(23)27(33)34/h2-9,15-17,23-24H,10-14H2,1H3,(H,28,31)(H,29,32)(H,33,34)/t16-,17-,23-,24-/m0/s1. The summed E-state index contributed by atoms with van der Waals surface area (Å²) in [5, 5.41) is 15.5. The number of anilines is 3. The molecule has 1 saturated heterocycles. The van der Waals surface area contributed by atoms with E-state index in [1.165, 1.54) is 0 Å². The molecule has 0 unspecified atom stereocenters. The second kappa shape index (κ2) is 10.0. The second-order valence-electron chi connectivity index (χ2n) is 9.34. The average Bonchev–Trinajstić information content (AvgIpc) is 3.52. The molecule has 2 bridgehead atoms. The maximum atomic E-state index is 13.4. The number of hydrogen-bond donors (Lipinski definition) is 3. The number of aliphatic carboxylic acids is 1. The molecular formula is C27H29N3O6. The molecule has 3 N–H and O–H groups in total. The average molecular weight is 492 g/mol. The van der Waals surface area contributed by atoms with Crippen molar-refractivity contribution in [3.8, 4) is 5.75 Å². The van der Waals surface area contributed by atoms with Crippen LogP contribution >= 0.6 is 0 Å². The van der Waals surface area contributed by atoms with Gasteiger partial charge in [-0.2, -0.15) is 0 Å². The molecule has 2 amide bonds. The fraction of sp³-hybridized carbons (Fsp3) is 0.370. The van der Waals surface area contributed by atoms with Gasteiger partial charge in [0.25, 0.3) is 5.91 Å². The molecule has 0 aromatic heterocycles. The number of fused-ring (bicyclic) bond motifs is 2. The van der Waals surface area contributed by atoms with Gasteiger partial charge in [-0.25, -0.2) is 0 Å². The van der Waals surface area contributed by atoms with Gasteiger partial charge in [-0.15, -0.1) is 0 Å². The Balaban J connectivity index is 1.40. The number of hydrogen-bond acceptors (Lipinski definition) is 6. The van der Waals surface area contributed by atoms with Crippen molar-refractivity contribution in [1.29, 1.82) is 0 Å². The lowest BCUT2D eigenvalue weighted by Crippen LogP contribution is -2.38. The molecule has 9 nitrogen and oxygen atoms in total. The van der Waals surface area contributed by atoms with Gasteiger partial charge in [-0.05, 0) is 60.7 Å². The summed E-state index contributed by atoms with van der Waals surface area (Å²) in [6, 6.07) is 12.3. The van der Waals surface area contributed by atoms with Crippen LogP contribution in [0.3, 0.4) is 0 Å². The number of nitrogens with zero attached hydrogens (tertiary/aromatic N) is 1. The highest BCUT2D eigenvalue weighted by molar-refractivity contribution is 6.09. The van der Waals surface area contributed by atoms with Gasteiger partial charge >= 0.3 is 5.97 Å². The first-order valence-corrected chi connectivity index (χ1v) is 12.1. The van der Waals surface area contributed by atoms with Gasteiger partial charge in [0.05, 0.1) is 37.7 Å². The van der Waals surface area contributed by atoms with Crippen LogP contribution in [0.2, 0.25) is 0 Å². The normalized spacial score (nSPS) is 24.4. The van der Waals surface area contributed by atoms with Crippen molar-refractivity contribution < 1.29 is 29.0 Å². The van der Waals surface area contributed by atoms with E-state index in [2.05, 4.69) is 15.5 Å². The van der Waals surface area contributed by atoms with Gasteiger partial charge in [0.15, 0.2) is 0 Å². The predicted molar refractivity (Wildman–Crippen MR) is 134 cm³/mol. The molecule has 4 atom stereocenters. The lowest BCUT2D eigenvalue weighted by Gasteiger charge is -2.30. The first-order chi connectivity index (χ1) is 17.4. The molecule has 5 rings (SSSR count). The number of carbonyl (C=O) groups is 3. The van der Waals surface area contributed by atoms with Gasteiger partial charge in [0.2, 0.25) is 5.91 Å². The predicted octanol–water partition coefficient (Wildman–Crippen LogP) is 3.25. The summed E-state index contributed by atoms with van der Waals surface area (Å²) in [5.74, 6) is -2.47. The topological polar surface area (TPSA) is 117 Å². The van der Waals surface area contributed by atoms with Crippen LogP contribution in [0.15, 0.2) is 54.6 Å². The second-order valence-corrected chi connectivity index (χ2v) is 9.34. The summed E-state index contributed by atoms with van der Waals surface area (Å²) in [7, 11) is 1.58. The van der Waals surface area contributed by atoms with E-state index in [1.54, 1.807) is 43.5 Å². The highest BCUT2D eigenvalue weighted by Crippen LogP contribution is 2.48. The fourth-order valence-corrected chi connectivity index (χ4v) is 5.49. The van der Waals surface area contributed by atoms with Crippen molar-refractivity contribution in [3.63, 3.8) is 0 Å². The molecule has 0 radical (unpaired) electrons. The van der Waals surface area contributed by atoms with Crippen molar-refractivity contribution in [3.05, 3.63) is 60.2 Å². The summed E-state index contributed by atoms with van der Waals surface area (Å²) in [6.45, 7) is 2.41. The molecule has 2 aromatic rings. The van der Waals surface area contributed by atoms with Crippen molar-refractivity contribution in [2.24, 2.45) is 23.7 Å². The number of morpholine rings is 1. The Morgan fingerprint density at radius 1 is 0.944 bits per heavy atom. The first kappa shape index (κ1) is 23.9. The molecule has 1 aliphatic heterocycles. The molecule has 1 saturated carbocycles. The molecule has 188 valence electrons. The Labute approximate surface area is 209 Å². The van der Waals surface area contributed by atoms with Crippen molar-refractivity contribution in [2.45, 2.75) is 6.42 Å². The van der Waals surface area contributed by atoms with E-state index < -0.39 is 17.8 Å². The Morgan fingerprint density at radius 3 is 2.28 bits per heavy atom. The molecule has 36 heavy (non-hydrogen) atoms. The van der Waals surface area contributed by atoms with E-state index in [4.69, 9.17) is 9.47 Å². The maximum Gasteiger partial charge on any atom is 0.307 e. The quantitative estimate of drug-likeness (QED) is 0.509. The molecular weight excluding hydrogens is 462 g/mol. The molecule has 2 aromatic carbocycles. The van der Waals surface area contributed by atoms with Crippen LogP contribution in [0.5, 0.6) is 5.75 Å². The van der Waals surface area contributed by atoms with E-state index in [1.807, 2.05) is 18.2 Å². The van der Waals surface area contributed by atoms with E-state index in [0.717, 1.165) is 5.69 Å². The highest BCUT2D eigenvalue weighted by atomic mass is 16.5. The van der Waals surface area contributed by atoms with Crippen LogP contribution in [0.25, 0.3) is 0 Å². The molecule has 2 aliphatic carbocycles. The smallest absolute Gasteiger partial charge is 0.307 e. The number of ether oxygens (including phenoxy) is 2. The van der Waals surface area contributed by atoms with Crippen LogP contribution in [-0.4, -0.2) is 56.3 Å². The number of rotatable bonds is 7. The highest BCUT2D eigenvalue weighted by Gasteiger charge is 2.51. The Morgan fingerprint density at radius 2 is 1.61 bits per heavy atom. The van der Waals surface area contributed by atoms with Crippen molar-refractivity contribution >= 4 is 34.8 Å². The third kappa shape index (κ3) is 4.66. The maximum absolute atomic E-state index is 13.4. The minimum Gasteiger partial charge on any atom is -0.497 e. The number of carboxylic acid groups (broad SMARTS) is 1. The zero-order valence-corrected chi connectivity index (χ0v) is 20.0. The summed E-state index contributed by atoms with van der Waals surface area (Å²) >= 11 is 0. The van der Waals surface area contributed by atoms with Crippen LogP contribution < -0.4 is 20.3 Å². The zero-order valence-electron chi connectivity index (χ0n) is 20.0. The van der Waals surface area contributed by atoms with Gasteiger partial charge in [-0.3, -0.25) is 14.4 Å². The number of amides is 2. The van der Waals surface area contributed by atoms with Crippen molar-refractivity contribution in [1.82, 2.24) is 0 Å². The van der Waals surface area contributed by atoms with Gasteiger partial charge in [-0.1, -0.05) is 12.2 Å². The SMILES string of the molecule is COc1ccc(NC(=O)c2cc(NC(=O)[C@@H]3[C@@H](C(=O)O)[C@H]4C=C[C@H]3C4)ccc2N2CCOCC2)cc1. The Bertz CT molecular complexity index is 1190. The van der Waals surface area contributed by atoms with Crippen LogP contribution in [0.4, 0.5) is 17.1 Å². The minimum atomic E-state index is -0.950. The third-order valence-electron chi connectivity index (χ3n) is 7.26. The summed E-state index contributed by atoms with van der Waals surface area (Å²) in [6.07, 6.45) is 4.54. The monoisotopic (exact) mass is 491 g/mol.